The van der Waals surface area contributed by atoms with Crippen LogP contribution in [0.2, 0.25) is 5.02 Å². The fraction of sp³-hybridized carbons (Fsp3) is 0.294. The van der Waals surface area contributed by atoms with Gasteiger partial charge in [0.05, 0.1) is 0 Å². The van der Waals surface area contributed by atoms with Gasteiger partial charge in [0.15, 0.2) is 0 Å². The third-order valence-electron chi connectivity index (χ3n) is 3.09. The monoisotopic (exact) mass is 321 g/mol. The van der Waals surface area contributed by atoms with Gasteiger partial charge in [-0.05, 0) is 55.6 Å². The molecular formula is C17H20ClNOS. The van der Waals surface area contributed by atoms with Crippen molar-refractivity contribution in [1.82, 2.24) is 5.32 Å². The molecule has 0 aliphatic carbocycles. The topological polar surface area (TPSA) is 21.3 Å². The van der Waals surface area contributed by atoms with E-state index < -0.39 is 0 Å². The van der Waals surface area contributed by atoms with Crippen LogP contribution in [0.5, 0.6) is 11.5 Å². The molecule has 0 unspecified atom stereocenters. The first-order chi connectivity index (χ1) is 10.2. The molecule has 1 N–H and O–H groups in total. The van der Waals surface area contributed by atoms with Crippen molar-refractivity contribution < 1.29 is 4.74 Å². The molecule has 0 heterocycles. The van der Waals surface area contributed by atoms with Crippen LogP contribution in [0.25, 0.3) is 0 Å². The molecule has 2 aromatic rings. The van der Waals surface area contributed by atoms with Gasteiger partial charge in [-0.3, -0.25) is 0 Å². The minimum Gasteiger partial charge on any atom is -0.457 e. The number of hydrogen-bond acceptors (Lipinski definition) is 3. The molecular weight excluding hydrogens is 302 g/mol. The van der Waals surface area contributed by atoms with Crippen molar-refractivity contribution in [3.05, 3.63) is 53.1 Å². The van der Waals surface area contributed by atoms with E-state index in [9.17, 15) is 0 Å². The molecule has 2 nitrogen and oxygen atoms in total. The van der Waals surface area contributed by atoms with Gasteiger partial charge < -0.3 is 10.1 Å². The Kier molecular flexibility index (Phi) is 6.43. The van der Waals surface area contributed by atoms with Gasteiger partial charge in [-0.1, -0.05) is 24.6 Å². The summed E-state index contributed by atoms with van der Waals surface area (Å²) in [6.45, 7) is 3.82. The smallest absolute Gasteiger partial charge is 0.133 e. The second-order valence-electron chi connectivity index (χ2n) is 4.67. The van der Waals surface area contributed by atoms with E-state index in [4.69, 9.17) is 16.3 Å². The van der Waals surface area contributed by atoms with Crippen molar-refractivity contribution in [2.24, 2.45) is 0 Å². The zero-order valence-electron chi connectivity index (χ0n) is 12.4. The highest BCUT2D eigenvalue weighted by Gasteiger charge is 2.09. The van der Waals surface area contributed by atoms with E-state index in [1.165, 1.54) is 4.90 Å². The fourth-order valence-corrected chi connectivity index (χ4v) is 2.61. The molecule has 4 heteroatoms. The summed E-state index contributed by atoms with van der Waals surface area (Å²) in [5.41, 5.74) is 1.00. The zero-order chi connectivity index (χ0) is 15.1. The Hall–Kier alpha value is -1.16. The second-order valence-corrected chi connectivity index (χ2v) is 5.96. The molecule has 2 rings (SSSR count). The number of hydrogen-bond donors (Lipinski definition) is 1. The first kappa shape index (κ1) is 16.2. The molecule has 112 valence electrons. The average molecular weight is 322 g/mol. The predicted octanol–water partition coefficient (Wildman–Crippen LogP) is 5.35. The first-order valence-electron chi connectivity index (χ1n) is 7.04. The van der Waals surface area contributed by atoms with E-state index in [-0.39, 0.29) is 0 Å². The Morgan fingerprint density at radius 1 is 1.14 bits per heavy atom. The third-order valence-corrected chi connectivity index (χ3v) is 4.19. The van der Waals surface area contributed by atoms with E-state index in [1.54, 1.807) is 11.8 Å². The average Bonchev–Trinajstić information content (AvgIpc) is 2.51. The van der Waals surface area contributed by atoms with Crippen LogP contribution in [-0.4, -0.2) is 12.8 Å². The summed E-state index contributed by atoms with van der Waals surface area (Å²) in [4.78, 5) is 1.22. The van der Waals surface area contributed by atoms with E-state index in [2.05, 4.69) is 30.6 Å². The molecule has 0 radical (unpaired) electrons. The number of rotatable bonds is 7. The Labute approximate surface area is 135 Å². The van der Waals surface area contributed by atoms with Crippen LogP contribution in [-0.2, 0) is 6.54 Å². The van der Waals surface area contributed by atoms with Crippen molar-refractivity contribution in [2.45, 2.75) is 24.8 Å². The molecule has 0 aliphatic heterocycles. The van der Waals surface area contributed by atoms with Gasteiger partial charge >= 0.3 is 0 Å². The maximum Gasteiger partial charge on any atom is 0.133 e. The quantitative estimate of drug-likeness (QED) is 0.548. The van der Waals surface area contributed by atoms with Crippen molar-refractivity contribution in [3.8, 4) is 11.5 Å². The maximum absolute atomic E-state index is 6.30. The minimum absolute atomic E-state index is 0.714. The molecule has 0 bridgehead atoms. The highest BCUT2D eigenvalue weighted by Crippen LogP contribution is 2.31. The molecule has 2 aromatic carbocycles. The van der Waals surface area contributed by atoms with Gasteiger partial charge in [0.2, 0.25) is 0 Å². The summed E-state index contributed by atoms with van der Waals surface area (Å²) in [7, 11) is 0. The van der Waals surface area contributed by atoms with Gasteiger partial charge in [0.25, 0.3) is 0 Å². The predicted molar refractivity (Wildman–Crippen MR) is 91.7 cm³/mol. The number of thioether (sulfide) groups is 1. The summed E-state index contributed by atoms with van der Waals surface area (Å²) in [5.74, 6) is 1.63. The minimum atomic E-state index is 0.714. The summed E-state index contributed by atoms with van der Waals surface area (Å²) in [5, 5.41) is 4.10. The van der Waals surface area contributed by atoms with Crippen LogP contribution in [0.4, 0.5) is 0 Å². The van der Waals surface area contributed by atoms with Crippen molar-refractivity contribution in [1.29, 1.82) is 0 Å². The number of nitrogens with one attached hydrogen (secondary N) is 1. The van der Waals surface area contributed by atoms with Gasteiger partial charge in [-0.25, -0.2) is 0 Å². The van der Waals surface area contributed by atoms with Crippen LogP contribution < -0.4 is 10.1 Å². The van der Waals surface area contributed by atoms with Gasteiger partial charge in [0.1, 0.15) is 11.5 Å². The summed E-state index contributed by atoms with van der Waals surface area (Å²) < 4.78 is 5.99. The number of halogens is 1. The molecule has 0 saturated carbocycles. The Bertz CT molecular complexity index is 572. The zero-order valence-corrected chi connectivity index (χ0v) is 13.9. The lowest BCUT2D eigenvalue weighted by atomic mass is 10.2. The van der Waals surface area contributed by atoms with E-state index in [0.29, 0.717) is 6.54 Å². The third kappa shape index (κ3) is 4.67. The van der Waals surface area contributed by atoms with Crippen LogP contribution in [0, 0.1) is 0 Å². The molecule has 0 fully saturated rings. The van der Waals surface area contributed by atoms with Crippen molar-refractivity contribution in [2.75, 3.05) is 12.8 Å². The maximum atomic E-state index is 6.30. The Morgan fingerprint density at radius 2 is 1.90 bits per heavy atom. The Morgan fingerprint density at radius 3 is 2.57 bits per heavy atom. The second kappa shape index (κ2) is 8.32. The lowest BCUT2D eigenvalue weighted by molar-refractivity contribution is 0.472. The van der Waals surface area contributed by atoms with Gasteiger partial charge in [-0.2, -0.15) is 0 Å². The lowest BCUT2D eigenvalue weighted by Gasteiger charge is -2.13. The van der Waals surface area contributed by atoms with E-state index in [1.807, 2.05) is 30.3 Å². The molecule has 0 aliphatic rings. The molecule has 0 saturated heterocycles. The van der Waals surface area contributed by atoms with Gasteiger partial charge in [-0.15, -0.1) is 11.8 Å². The van der Waals surface area contributed by atoms with Crippen LogP contribution in [0.3, 0.4) is 0 Å². The number of ether oxygens (including phenoxy) is 1. The summed E-state index contributed by atoms with van der Waals surface area (Å²) >= 11 is 8.02. The molecule has 0 amide bonds. The fourth-order valence-electron chi connectivity index (χ4n) is 1.97. The molecule has 21 heavy (non-hydrogen) atoms. The molecule has 0 spiro atoms. The largest absolute Gasteiger partial charge is 0.457 e. The van der Waals surface area contributed by atoms with Crippen LogP contribution in [0.1, 0.15) is 18.9 Å². The highest BCUT2D eigenvalue weighted by atomic mass is 35.5. The highest BCUT2D eigenvalue weighted by molar-refractivity contribution is 7.98. The van der Waals surface area contributed by atoms with Crippen LogP contribution in [0.15, 0.2) is 47.4 Å². The first-order valence-corrected chi connectivity index (χ1v) is 8.65. The lowest BCUT2D eigenvalue weighted by Crippen LogP contribution is -2.14. The standard InChI is InChI=1S/C17H20ClNOS/c1-3-11-19-12-15-16(18)5-4-6-17(15)20-13-7-9-14(21-2)10-8-13/h4-10,19H,3,11-12H2,1-2H3. The van der Waals surface area contributed by atoms with E-state index in [0.717, 1.165) is 35.1 Å². The van der Waals surface area contributed by atoms with Gasteiger partial charge in [0, 0.05) is 22.0 Å². The van der Waals surface area contributed by atoms with E-state index >= 15 is 0 Å². The molecule has 0 atom stereocenters. The summed E-state index contributed by atoms with van der Waals surface area (Å²) in [6.07, 6.45) is 3.15. The summed E-state index contributed by atoms with van der Waals surface area (Å²) in [6, 6.07) is 13.8. The molecule has 0 aromatic heterocycles. The SMILES string of the molecule is CCCNCc1c(Cl)cccc1Oc1ccc(SC)cc1. The van der Waals surface area contributed by atoms with Crippen molar-refractivity contribution >= 4 is 23.4 Å². The number of benzene rings is 2. The van der Waals surface area contributed by atoms with Crippen LogP contribution >= 0.6 is 23.4 Å². The Balaban J connectivity index is 2.15. The normalized spacial score (nSPS) is 10.6. The van der Waals surface area contributed by atoms with Crippen molar-refractivity contribution in [3.63, 3.8) is 0 Å².